The molecule has 0 unspecified atom stereocenters. The lowest BCUT2D eigenvalue weighted by atomic mass is 9.98. The van der Waals surface area contributed by atoms with Crippen LogP contribution in [0.2, 0.25) is 0 Å². The lowest BCUT2D eigenvalue weighted by Crippen LogP contribution is -2.28. The molecule has 5 heteroatoms. The topological polar surface area (TPSA) is 79.6 Å². The molecule has 0 bridgehead atoms. The molecular weight excluding hydrogens is 208 g/mol. The fourth-order valence-electron chi connectivity index (χ4n) is 1.12. The van der Waals surface area contributed by atoms with E-state index in [1.165, 1.54) is 24.5 Å². The van der Waals surface area contributed by atoms with Crippen molar-refractivity contribution in [3.63, 3.8) is 0 Å². The maximum absolute atomic E-state index is 11.8. The third-order valence-corrected chi connectivity index (χ3v) is 2.02. The van der Waals surface area contributed by atoms with Crippen molar-refractivity contribution in [1.82, 2.24) is 4.98 Å². The highest BCUT2D eigenvalue weighted by molar-refractivity contribution is 6.69. The molecule has 16 heavy (non-hydrogen) atoms. The molecule has 0 aromatic carbocycles. The molecule has 0 aliphatic heterocycles. The number of Topliss-reactive ketones (excluding diaryl/α,β-unsaturated/α-hetero) is 2. The summed E-state index contributed by atoms with van der Waals surface area (Å²) < 4.78 is 0. The highest BCUT2D eigenvalue weighted by Gasteiger charge is 2.24. The van der Waals surface area contributed by atoms with E-state index in [9.17, 15) is 9.59 Å². The van der Waals surface area contributed by atoms with Crippen molar-refractivity contribution in [2.24, 2.45) is 11.1 Å². The molecule has 1 N–H and O–H groups in total. The Bertz CT molecular complexity index is 424. The van der Waals surface area contributed by atoms with Crippen molar-refractivity contribution in [3.05, 3.63) is 30.1 Å². The number of hydrogen-bond acceptors (Lipinski definition) is 5. The second kappa shape index (κ2) is 5.16. The van der Waals surface area contributed by atoms with Crippen LogP contribution in [0.4, 0.5) is 0 Å². The van der Waals surface area contributed by atoms with Gasteiger partial charge >= 0.3 is 0 Å². The van der Waals surface area contributed by atoms with Crippen molar-refractivity contribution < 1.29 is 14.8 Å². The van der Waals surface area contributed by atoms with Gasteiger partial charge in [0.2, 0.25) is 5.78 Å². The Labute approximate surface area is 92.8 Å². The molecule has 0 atom stereocenters. The minimum atomic E-state index is -0.594. The Balaban J connectivity index is 3.01. The number of carbonyl (C=O) groups excluding carboxylic acids is 2. The van der Waals surface area contributed by atoms with Gasteiger partial charge in [0.25, 0.3) is 0 Å². The van der Waals surface area contributed by atoms with Crippen molar-refractivity contribution in [3.8, 4) is 0 Å². The lowest BCUT2D eigenvalue weighted by molar-refractivity contribution is -0.115. The lowest BCUT2D eigenvalue weighted by Gasteiger charge is -2.04. The summed E-state index contributed by atoms with van der Waals surface area (Å²) in [4.78, 5) is 27.1. The maximum Gasteiger partial charge on any atom is 0.218 e. The molecule has 0 spiro atoms. The molecule has 0 radical (unpaired) electrons. The zero-order valence-electron chi connectivity index (χ0n) is 9.04. The Morgan fingerprint density at radius 3 is 2.31 bits per heavy atom. The highest BCUT2D eigenvalue weighted by atomic mass is 16.4. The van der Waals surface area contributed by atoms with Crippen LogP contribution in [0.15, 0.2) is 29.7 Å². The molecule has 1 rings (SSSR count). The summed E-state index contributed by atoms with van der Waals surface area (Å²) in [5.74, 6) is -1.47. The molecule has 0 saturated carbocycles. The smallest absolute Gasteiger partial charge is 0.218 e. The van der Waals surface area contributed by atoms with E-state index in [0.29, 0.717) is 0 Å². The molecule has 5 nitrogen and oxygen atoms in total. The Kier molecular flexibility index (Phi) is 3.88. The molecule has 0 fully saturated rings. The fraction of sp³-hybridized carbons (Fsp3) is 0.273. The van der Waals surface area contributed by atoms with Crippen molar-refractivity contribution in [1.29, 1.82) is 0 Å². The van der Waals surface area contributed by atoms with E-state index in [0.717, 1.165) is 0 Å². The first kappa shape index (κ1) is 12.0. The molecule has 0 aliphatic rings. The average Bonchev–Trinajstić information content (AvgIpc) is 2.30. The standard InChI is InChI=1S/C11H12N2O3/c1-7(2)10(14)9(13-16)11(15)8-3-5-12-6-4-8/h3-7,16H,1-2H3. The van der Waals surface area contributed by atoms with E-state index in [2.05, 4.69) is 10.1 Å². The van der Waals surface area contributed by atoms with E-state index in [-0.39, 0.29) is 5.56 Å². The van der Waals surface area contributed by atoms with Crippen molar-refractivity contribution in [2.75, 3.05) is 0 Å². The minimum Gasteiger partial charge on any atom is -0.410 e. The summed E-state index contributed by atoms with van der Waals surface area (Å²) >= 11 is 0. The van der Waals surface area contributed by atoms with Crippen LogP contribution in [-0.2, 0) is 4.79 Å². The van der Waals surface area contributed by atoms with Gasteiger partial charge in [-0.1, -0.05) is 19.0 Å². The zero-order valence-corrected chi connectivity index (χ0v) is 9.04. The van der Waals surface area contributed by atoms with E-state index in [4.69, 9.17) is 5.21 Å². The van der Waals surface area contributed by atoms with Gasteiger partial charge in [-0.2, -0.15) is 0 Å². The van der Waals surface area contributed by atoms with Gasteiger partial charge in [-0.3, -0.25) is 14.6 Å². The zero-order chi connectivity index (χ0) is 12.1. The van der Waals surface area contributed by atoms with Gasteiger partial charge in [-0.05, 0) is 12.1 Å². The summed E-state index contributed by atoms with van der Waals surface area (Å²) in [6.45, 7) is 3.26. The molecular formula is C11H12N2O3. The molecule has 0 saturated heterocycles. The van der Waals surface area contributed by atoms with Crippen molar-refractivity contribution in [2.45, 2.75) is 13.8 Å². The monoisotopic (exact) mass is 220 g/mol. The summed E-state index contributed by atoms with van der Waals surface area (Å²) in [6, 6.07) is 2.92. The summed E-state index contributed by atoms with van der Waals surface area (Å²) in [5.41, 5.74) is -0.169. The summed E-state index contributed by atoms with van der Waals surface area (Å²) in [5, 5.41) is 11.5. The number of aromatic nitrogens is 1. The first-order valence-electron chi connectivity index (χ1n) is 4.79. The number of pyridine rings is 1. The highest BCUT2D eigenvalue weighted by Crippen LogP contribution is 2.05. The number of oxime groups is 1. The SMILES string of the molecule is CC(C)C(=O)C(=NO)C(=O)c1ccncc1. The predicted octanol–water partition coefficient (Wildman–Crippen LogP) is 1.32. The predicted molar refractivity (Wildman–Crippen MR) is 57.6 cm³/mol. The molecule has 1 aromatic rings. The van der Waals surface area contributed by atoms with Crippen LogP contribution >= 0.6 is 0 Å². The summed E-state index contributed by atoms with van der Waals surface area (Å²) in [7, 11) is 0. The van der Waals surface area contributed by atoms with Gasteiger partial charge < -0.3 is 5.21 Å². The minimum absolute atomic E-state index is 0.275. The normalized spacial score (nSPS) is 11.6. The number of nitrogens with zero attached hydrogens (tertiary/aromatic N) is 2. The van der Waals surface area contributed by atoms with Gasteiger partial charge in [0, 0.05) is 23.9 Å². The number of hydrogen-bond donors (Lipinski definition) is 1. The molecule has 84 valence electrons. The largest absolute Gasteiger partial charge is 0.410 e. The Morgan fingerprint density at radius 1 is 1.31 bits per heavy atom. The second-order valence-electron chi connectivity index (χ2n) is 3.53. The fourth-order valence-corrected chi connectivity index (χ4v) is 1.12. The van der Waals surface area contributed by atoms with E-state index in [1.54, 1.807) is 13.8 Å². The van der Waals surface area contributed by atoms with Gasteiger partial charge in [0.15, 0.2) is 11.5 Å². The van der Waals surface area contributed by atoms with Gasteiger partial charge in [0.05, 0.1) is 0 Å². The van der Waals surface area contributed by atoms with Gasteiger partial charge in [-0.25, -0.2) is 0 Å². The Hall–Kier alpha value is -2.04. The van der Waals surface area contributed by atoms with Gasteiger partial charge in [0.1, 0.15) is 0 Å². The Morgan fingerprint density at radius 2 is 1.88 bits per heavy atom. The van der Waals surface area contributed by atoms with Crippen molar-refractivity contribution >= 4 is 17.3 Å². The molecule has 0 amide bonds. The van der Waals surface area contributed by atoms with E-state index >= 15 is 0 Å². The van der Waals surface area contributed by atoms with Gasteiger partial charge in [-0.15, -0.1) is 0 Å². The summed E-state index contributed by atoms with van der Waals surface area (Å²) in [6.07, 6.45) is 2.87. The third kappa shape index (κ3) is 2.50. The van der Waals surface area contributed by atoms with Crippen LogP contribution in [0.5, 0.6) is 0 Å². The second-order valence-corrected chi connectivity index (χ2v) is 3.53. The molecule has 1 aromatic heterocycles. The number of rotatable bonds is 4. The maximum atomic E-state index is 11.8. The van der Waals surface area contributed by atoms with E-state index < -0.39 is 23.2 Å². The first-order chi connectivity index (χ1) is 7.57. The molecule has 1 heterocycles. The quantitative estimate of drug-likeness (QED) is 0.273. The van der Waals surface area contributed by atoms with Crippen LogP contribution < -0.4 is 0 Å². The van der Waals surface area contributed by atoms with Crippen LogP contribution in [0, 0.1) is 5.92 Å². The first-order valence-corrected chi connectivity index (χ1v) is 4.79. The third-order valence-electron chi connectivity index (χ3n) is 2.02. The van der Waals surface area contributed by atoms with Crippen LogP contribution in [0.3, 0.4) is 0 Å². The average molecular weight is 220 g/mol. The number of carbonyl (C=O) groups is 2. The van der Waals surface area contributed by atoms with Crippen LogP contribution in [0.25, 0.3) is 0 Å². The van der Waals surface area contributed by atoms with Crippen LogP contribution in [0.1, 0.15) is 24.2 Å². The number of ketones is 2. The van der Waals surface area contributed by atoms with E-state index in [1.807, 2.05) is 0 Å². The molecule has 0 aliphatic carbocycles. The van der Waals surface area contributed by atoms with Crippen LogP contribution in [-0.4, -0.2) is 27.5 Å².